The number of nitrogens with zero attached hydrogens (tertiary/aromatic N) is 1. The molecule has 1 aliphatic rings. The molecule has 6 nitrogen and oxygen atoms in total. The summed E-state index contributed by atoms with van der Waals surface area (Å²) in [6.07, 6.45) is 4.36. The molecule has 2 heterocycles. The van der Waals surface area contributed by atoms with Gasteiger partial charge in [-0.1, -0.05) is 54.7 Å². The summed E-state index contributed by atoms with van der Waals surface area (Å²) in [7, 11) is 0. The van der Waals surface area contributed by atoms with Crippen LogP contribution in [0.15, 0.2) is 46.7 Å². The molecule has 0 radical (unpaired) electrons. The van der Waals surface area contributed by atoms with Crippen LogP contribution in [0.4, 0.5) is 0 Å². The summed E-state index contributed by atoms with van der Waals surface area (Å²) in [6, 6.07) is 11.1. The molecule has 9 heteroatoms. The second-order valence-electron chi connectivity index (χ2n) is 6.98. The number of thiocarbonyl (C=S) groups is 1. The van der Waals surface area contributed by atoms with Crippen LogP contribution < -0.4 is 10.9 Å². The van der Waals surface area contributed by atoms with Crippen LogP contribution in [0.25, 0.3) is 6.08 Å². The van der Waals surface area contributed by atoms with Crippen molar-refractivity contribution in [3.8, 4) is 0 Å². The molecule has 0 saturated carbocycles. The van der Waals surface area contributed by atoms with E-state index in [1.54, 1.807) is 28.4 Å². The van der Waals surface area contributed by atoms with E-state index in [1.807, 2.05) is 42.6 Å². The molecule has 0 aliphatic carbocycles. The maximum Gasteiger partial charge on any atom is 0.269 e. The fourth-order valence-electron chi connectivity index (χ4n) is 3.01. The summed E-state index contributed by atoms with van der Waals surface area (Å²) in [6.45, 7) is 2.38. The Bertz CT molecular complexity index is 1000. The van der Waals surface area contributed by atoms with Crippen molar-refractivity contribution in [2.75, 3.05) is 6.54 Å². The van der Waals surface area contributed by atoms with E-state index in [2.05, 4.69) is 10.9 Å². The normalized spacial score (nSPS) is 14.9. The fraction of sp³-hybridized carbons (Fsp3) is 0.273. The summed E-state index contributed by atoms with van der Waals surface area (Å²) in [5.74, 6) is -0.636. The van der Waals surface area contributed by atoms with Crippen molar-refractivity contribution in [2.45, 2.75) is 32.6 Å². The van der Waals surface area contributed by atoms with Gasteiger partial charge in [0.05, 0.1) is 4.91 Å². The van der Waals surface area contributed by atoms with E-state index in [4.69, 9.17) is 12.2 Å². The Morgan fingerprint density at radius 2 is 1.90 bits per heavy atom. The minimum atomic E-state index is -0.337. The minimum absolute atomic E-state index is 0.0555. The van der Waals surface area contributed by atoms with E-state index >= 15 is 0 Å². The lowest BCUT2D eigenvalue weighted by molar-refractivity contribution is -0.123. The van der Waals surface area contributed by atoms with Gasteiger partial charge in [-0.3, -0.25) is 30.1 Å². The highest BCUT2D eigenvalue weighted by Gasteiger charge is 2.31. The molecule has 0 bridgehead atoms. The van der Waals surface area contributed by atoms with Crippen molar-refractivity contribution in [3.63, 3.8) is 0 Å². The lowest BCUT2D eigenvalue weighted by Crippen LogP contribution is -2.41. The first kappa shape index (κ1) is 23.2. The van der Waals surface area contributed by atoms with Gasteiger partial charge in [0.2, 0.25) is 5.91 Å². The molecule has 162 valence electrons. The number of carbonyl (C=O) groups is 3. The molecule has 1 saturated heterocycles. The SMILES string of the molecule is Cc1ccccc1C(=O)NNC(=O)CCCCCN1C(=O)/C(=C\c2cccs2)SC1=S. The van der Waals surface area contributed by atoms with Crippen LogP contribution in [0.2, 0.25) is 0 Å². The van der Waals surface area contributed by atoms with Crippen molar-refractivity contribution in [3.05, 3.63) is 62.7 Å². The van der Waals surface area contributed by atoms with E-state index in [9.17, 15) is 14.4 Å². The Morgan fingerprint density at radius 1 is 1.10 bits per heavy atom. The molecule has 0 unspecified atom stereocenters. The predicted octanol–water partition coefficient (Wildman–Crippen LogP) is 4.28. The number of hydrogen-bond donors (Lipinski definition) is 2. The van der Waals surface area contributed by atoms with Crippen LogP contribution in [-0.4, -0.2) is 33.5 Å². The molecule has 2 N–H and O–H groups in total. The lowest BCUT2D eigenvalue weighted by Gasteiger charge is -2.14. The van der Waals surface area contributed by atoms with E-state index in [0.29, 0.717) is 34.2 Å². The molecule has 0 spiro atoms. The topological polar surface area (TPSA) is 78.5 Å². The fourth-order valence-corrected chi connectivity index (χ4v) is 5.04. The number of nitrogens with one attached hydrogen (secondary N) is 2. The zero-order chi connectivity index (χ0) is 22.2. The summed E-state index contributed by atoms with van der Waals surface area (Å²) >= 11 is 8.25. The lowest BCUT2D eigenvalue weighted by atomic mass is 10.1. The van der Waals surface area contributed by atoms with Crippen LogP contribution in [0.5, 0.6) is 0 Å². The van der Waals surface area contributed by atoms with Crippen LogP contribution in [0.3, 0.4) is 0 Å². The number of benzene rings is 1. The molecule has 3 rings (SSSR count). The maximum absolute atomic E-state index is 12.6. The third-order valence-corrected chi connectivity index (χ3v) is 6.88. The second-order valence-corrected chi connectivity index (χ2v) is 9.63. The zero-order valence-corrected chi connectivity index (χ0v) is 19.5. The number of hydrogen-bond acceptors (Lipinski definition) is 6. The number of carbonyl (C=O) groups excluding carboxylic acids is 3. The van der Waals surface area contributed by atoms with Crippen molar-refractivity contribution < 1.29 is 14.4 Å². The number of thioether (sulfide) groups is 1. The standard InChI is InChI=1S/C22H23N3O3S3/c1-15-8-4-5-10-17(15)20(27)24-23-19(26)11-3-2-6-12-25-21(28)18(31-22(25)29)14-16-9-7-13-30-16/h4-5,7-10,13-14H,2-3,6,11-12H2,1H3,(H,23,26)(H,24,27)/b18-14+. The predicted molar refractivity (Wildman–Crippen MR) is 129 cm³/mol. The highest BCUT2D eigenvalue weighted by atomic mass is 32.2. The molecular formula is C22H23N3O3S3. The third kappa shape index (κ3) is 6.49. The average Bonchev–Trinajstić information content (AvgIpc) is 3.35. The van der Waals surface area contributed by atoms with Gasteiger partial charge in [-0.25, -0.2) is 0 Å². The van der Waals surface area contributed by atoms with Crippen LogP contribution >= 0.6 is 35.3 Å². The van der Waals surface area contributed by atoms with Gasteiger partial charge in [-0.15, -0.1) is 11.3 Å². The maximum atomic E-state index is 12.6. The van der Waals surface area contributed by atoms with Gasteiger partial charge in [0.25, 0.3) is 11.8 Å². The molecule has 1 aromatic carbocycles. The van der Waals surface area contributed by atoms with Crippen LogP contribution in [-0.2, 0) is 9.59 Å². The van der Waals surface area contributed by atoms with E-state index in [0.717, 1.165) is 23.3 Å². The Kier molecular flexibility index (Phi) is 8.39. The van der Waals surface area contributed by atoms with Crippen molar-refractivity contribution in [1.82, 2.24) is 15.8 Å². The number of thiophene rings is 1. The second kappa shape index (κ2) is 11.2. The summed E-state index contributed by atoms with van der Waals surface area (Å²) in [5, 5.41) is 1.97. The minimum Gasteiger partial charge on any atom is -0.293 e. The number of unbranched alkanes of at least 4 members (excludes halogenated alkanes) is 2. The van der Waals surface area contributed by atoms with Crippen molar-refractivity contribution in [1.29, 1.82) is 0 Å². The van der Waals surface area contributed by atoms with Crippen molar-refractivity contribution in [2.24, 2.45) is 0 Å². The average molecular weight is 474 g/mol. The van der Waals surface area contributed by atoms with Crippen LogP contribution in [0.1, 0.15) is 46.5 Å². The van der Waals surface area contributed by atoms with Gasteiger partial charge in [-0.05, 0) is 48.9 Å². The van der Waals surface area contributed by atoms with E-state index in [1.165, 1.54) is 11.8 Å². The third-order valence-electron chi connectivity index (χ3n) is 4.68. The Morgan fingerprint density at radius 3 is 2.65 bits per heavy atom. The van der Waals surface area contributed by atoms with Gasteiger partial charge in [0.1, 0.15) is 4.32 Å². The Hall–Kier alpha value is -2.49. The van der Waals surface area contributed by atoms with Gasteiger partial charge in [-0.2, -0.15) is 0 Å². The van der Waals surface area contributed by atoms with E-state index in [-0.39, 0.29) is 17.7 Å². The number of amides is 3. The van der Waals surface area contributed by atoms with E-state index < -0.39 is 0 Å². The highest BCUT2D eigenvalue weighted by Crippen LogP contribution is 2.33. The Balaban J connectivity index is 1.34. The summed E-state index contributed by atoms with van der Waals surface area (Å²) in [5.41, 5.74) is 6.26. The van der Waals surface area contributed by atoms with Crippen LogP contribution in [0, 0.1) is 6.92 Å². The monoisotopic (exact) mass is 473 g/mol. The molecular weight excluding hydrogens is 450 g/mol. The molecule has 1 aliphatic heterocycles. The summed E-state index contributed by atoms with van der Waals surface area (Å²) in [4.78, 5) is 39.9. The highest BCUT2D eigenvalue weighted by molar-refractivity contribution is 8.26. The first-order valence-electron chi connectivity index (χ1n) is 9.89. The number of aryl methyl sites for hydroxylation is 1. The quantitative estimate of drug-likeness (QED) is 0.259. The zero-order valence-electron chi connectivity index (χ0n) is 17.1. The number of rotatable bonds is 8. The van der Waals surface area contributed by atoms with Gasteiger partial charge >= 0.3 is 0 Å². The molecule has 2 aromatic rings. The van der Waals surface area contributed by atoms with Gasteiger partial charge in [0.15, 0.2) is 0 Å². The smallest absolute Gasteiger partial charge is 0.269 e. The molecule has 0 atom stereocenters. The molecule has 1 fully saturated rings. The summed E-state index contributed by atoms with van der Waals surface area (Å²) < 4.78 is 0.574. The molecule has 3 amide bonds. The first-order valence-corrected chi connectivity index (χ1v) is 12.0. The number of hydrazine groups is 1. The Labute approximate surface area is 195 Å². The first-order chi connectivity index (χ1) is 15.0. The molecule has 31 heavy (non-hydrogen) atoms. The molecule has 1 aromatic heterocycles. The van der Waals surface area contributed by atoms with Gasteiger partial charge < -0.3 is 0 Å². The largest absolute Gasteiger partial charge is 0.293 e. The van der Waals surface area contributed by atoms with Crippen molar-refractivity contribution >= 4 is 63.4 Å². The van der Waals surface area contributed by atoms with Gasteiger partial charge in [0, 0.05) is 23.4 Å².